The average Bonchev–Trinajstić information content (AvgIpc) is 2.93. The number of hydrogen-bond donors (Lipinski definition) is 1. The van der Waals surface area contributed by atoms with Crippen molar-refractivity contribution in [1.82, 2.24) is 15.4 Å². The van der Waals surface area contributed by atoms with Crippen LogP contribution in [0.3, 0.4) is 0 Å². The maximum Gasteiger partial charge on any atom is 0.193 e. The van der Waals surface area contributed by atoms with Crippen molar-refractivity contribution in [1.29, 1.82) is 0 Å². The number of benzene rings is 1. The van der Waals surface area contributed by atoms with Crippen molar-refractivity contribution in [2.24, 2.45) is 4.99 Å². The van der Waals surface area contributed by atoms with Crippen molar-refractivity contribution >= 4 is 29.9 Å². The van der Waals surface area contributed by atoms with E-state index >= 15 is 0 Å². The van der Waals surface area contributed by atoms with Gasteiger partial charge in [0.25, 0.3) is 0 Å². The minimum absolute atomic E-state index is 0. The molecular formula is C20H31IN4O. The molecule has 1 aromatic heterocycles. The third-order valence-electron chi connectivity index (χ3n) is 4.35. The number of aliphatic imine (C=N–C) groups is 1. The average molecular weight is 470 g/mol. The zero-order chi connectivity index (χ0) is 18.2. The molecule has 0 saturated carbocycles. The Bertz CT molecular complexity index is 675. The lowest BCUT2D eigenvalue weighted by Gasteiger charge is -2.22. The number of nitrogens with zero attached hydrogens (tertiary/aromatic N) is 3. The molecule has 0 saturated heterocycles. The fourth-order valence-corrected chi connectivity index (χ4v) is 2.83. The number of hydrogen-bond acceptors (Lipinski definition) is 3. The third-order valence-corrected chi connectivity index (χ3v) is 4.35. The summed E-state index contributed by atoms with van der Waals surface area (Å²) in [7, 11) is 2.07. The lowest BCUT2D eigenvalue weighted by molar-refractivity contribution is 0.392. The SMILES string of the molecule is CCNC(=NCCc1c(C)noc1C)N(C)Cc1ccc(CC)cc1.I. The maximum absolute atomic E-state index is 5.22. The molecule has 1 heterocycles. The molecule has 144 valence electrons. The van der Waals surface area contributed by atoms with Crippen molar-refractivity contribution < 1.29 is 4.52 Å². The third kappa shape index (κ3) is 6.30. The molecule has 1 aromatic carbocycles. The second kappa shape index (κ2) is 11.2. The van der Waals surface area contributed by atoms with Gasteiger partial charge >= 0.3 is 0 Å². The monoisotopic (exact) mass is 470 g/mol. The van der Waals surface area contributed by atoms with Gasteiger partial charge in [-0.1, -0.05) is 36.3 Å². The number of nitrogens with one attached hydrogen (secondary N) is 1. The number of aryl methyl sites for hydroxylation is 3. The first-order valence-corrected chi connectivity index (χ1v) is 9.04. The number of halogens is 1. The Kier molecular flexibility index (Phi) is 9.69. The normalized spacial score (nSPS) is 11.2. The summed E-state index contributed by atoms with van der Waals surface area (Å²) >= 11 is 0. The molecular weight excluding hydrogens is 439 g/mol. The molecule has 26 heavy (non-hydrogen) atoms. The van der Waals surface area contributed by atoms with E-state index in [1.807, 2.05) is 13.8 Å². The van der Waals surface area contributed by atoms with Gasteiger partial charge in [-0.25, -0.2) is 0 Å². The van der Waals surface area contributed by atoms with Gasteiger partial charge in [0, 0.05) is 32.2 Å². The molecule has 6 heteroatoms. The summed E-state index contributed by atoms with van der Waals surface area (Å²) in [4.78, 5) is 6.93. The highest BCUT2D eigenvalue weighted by molar-refractivity contribution is 14.0. The Morgan fingerprint density at radius 1 is 1.15 bits per heavy atom. The second-order valence-electron chi connectivity index (χ2n) is 6.31. The van der Waals surface area contributed by atoms with Crippen LogP contribution in [0.15, 0.2) is 33.8 Å². The predicted molar refractivity (Wildman–Crippen MR) is 118 cm³/mol. The Balaban J connectivity index is 0.00000338. The van der Waals surface area contributed by atoms with Gasteiger partial charge in [0.2, 0.25) is 0 Å². The Morgan fingerprint density at radius 3 is 2.35 bits per heavy atom. The molecule has 2 rings (SSSR count). The molecule has 0 amide bonds. The molecule has 0 spiro atoms. The van der Waals surface area contributed by atoms with Crippen molar-refractivity contribution in [3.63, 3.8) is 0 Å². The highest BCUT2D eigenvalue weighted by Crippen LogP contribution is 2.13. The minimum Gasteiger partial charge on any atom is -0.361 e. The minimum atomic E-state index is 0. The highest BCUT2D eigenvalue weighted by Gasteiger charge is 2.10. The van der Waals surface area contributed by atoms with Gasteiger partial charge in [-0.2, -0.15) is 0 Å². The molecule has 0 unspecified atom stereocenters. The van der Waals surface area contributed by atoms with Crippen LogP contribution in [0.1, 0.15) is 42.0 Å². The number of guanidine groups is 1. The molecule has 0 aliphatic rings. The summed E-state index contributed by atoms with van der Waals surface area (Å²) in [5, 5.41) is 7.38. The summed E-state index contributed by atoms with van der Waals surface area (Å²) in [5.74, 6) is 1.82. The summed E-state index contributed by atoms with van der Waals surface area (Å²) in [5.41, 5.74) is 4.78. The maximum atomic E-state index is 5.22. The smallest absolute Gasteiger partial charge is 0.193 e. The van der Waals surface area contributed by atoms with Crippen LogP contribution in [-0.2, 0) is 19.4 Å². The quantitative estimate of drug-likeness (QED) is 0.376. The van der Waals surface area contributed by atoms with E-state index in [0.29, 0.717) is 6.54 Å². The van der Waals surface area contributed by atoms with E-state index < -0.39 is 0 Å². The van der Waals surface area contributed by atoms with Crippen LogP contribution in [0.5, 0.6) is 0 Å². The van der Waals surface area contributed by atoms with Crippen molar-refractivity contribution in [3.8, 4) is 0 Å². The van der Waals surface area contributed by atoms with E-state index in [0.717, 1.165) is 48.9 Å². The standard InChI is InChI=1S/C20H30N4O.HI/c1-6-17-8-10-18(11-9-17)14-24(5)20(21-7-2)22-13-12-19-15(3)23-25-16(19)4;/h8-11H,6-7,12-14H2,1-5H3,(H,21,22);1H. The first-order valence-electron chi connectivity index (χ1n) is 9.04. The Labute approximate surface area is 174 Å². The number of rotatable bonds is 7. The van der Waals surface area contributed by atoms with Gasteiger partial charge in [0.15, 0.2) is 5.96 Å². The van der Waals surface area contributed by atoms with E-state index in [-0.39, 0.29) is 24.0 Å². The van der Waals surface area contributed by atoms with Gasteiger partial charge in [-0.3, -0.25) is 4.99 Å². The van der Waals surface area contributed by atoms with Gasteiger partial charge in [-0.05, 0) is 44.7 Å². The fourth-order valence-electron chi connectivity index (χ4n) is 2.83. The zero-order valence-corrected chi connectivity index (χ0v) is 18.8. The number of aromatic nitrogens is 1. The van der Waals surface area contributed by atoms with E-state index in [1.54, 1.807) is 0 Å². The molecule has 0 bridgehead atoms. The van der Waals surface area contributed by atoms with E-state index in [1.165, 1.54) is 11.1 Å². The van der Waals surface area contributed by atoms with E-state index in [4.69, 9.17) is 9.52 Å². The van der Waals surface area contributed by atoms with Crippen LogP contribution >= 0.6 is 24.0 Å². The lowest BCUT2D eigenvalue weighted by atomic mass is 10.1. The van der Waals surface area contributed by atoms with Crippen LogP contribution in [-0.4, -0.2) is 36.2 Å². The van der Waals surface area contributed by atoms with Crippen molar-refractivity contribution in [3.05, 3.63) is 52.4 Å². The van der Waals surface area contributed by atoms with E-state index in [2.05, 4.69) is 60.5 Å². The highest BCUT2D eigenvalue weighted by atomic mass is 127. The van der Waals surface area contributed by atoms with Gasteiger partial charge in [0.1, 0.15) is 5.76 Å². The first-order chi connectivity index (χ1) is 12.0. The van der Waals surface area contributed by atoms with Crippen LogP contribution in [0.25, 0.3) is 0 Å². The Morgan fingerprint density at radius 2 is 1.81 bits per heavy atom. The molecule has 0 atom stereocenters. The molecule has 5 nitrogen and oxygen atoms in total. The van der Waals surface area contributed by atoms with Crippen LogP contribution in [0.2, 0.25) is 0 Å². The summed E-state index contributed by atoms with van der Waals surface area (Å²) < 4.78 is 5.22. The van der Waals surface area contributed by atoms with Crippen LogP contribution < -0.4 is 5.32 Å². The van der Waals surface area contributed by atoms with Gasteiger partial charge in [-0.15, -0.1) is 24.0 Å². The molecule has 0 fully saturated rings. The first kappa shape index (κ1) is 22.5. The molecule has 0 aliphatic heterocycles. The molecule has 0 radical (unpaired) electrons. The van der Waals surface area contributed by atoms with Gasteiger partial charge < -0.3 is 14.7 Å². The predicted octanol–water partition coefficient (Wildman–Crippen LogP) is 4.11. The summed E-state index contributed by atoms with van der Waals surface area (Å²) in [6, 6.07) is 8.79. The zero-order valence-electron chi connectivity index (χ0n) is 16.5. The molecule has 0 aliphatic carbocycles. The van der Waals surface area contributed by atoms with Crippen molar-refractivity contribution in [2.45, 2.75) is 47.1 Å². The summed E-state index contributed by atoms with van der Waals surface area (Å²) in [6.07, 6.45) is 1.91. The summed E-state index contributed by atoms with van der Waals surface area (Å²) in [6.45, 7) is 10.6. The molecule has 2 aromatic rings. The Hall–Kier alpha value is -1.57. The largest absolute Gasteiger partial charge is 0.361 e. The van der Waals surface area contributed by atoms with Gasteiger partial charge in [0.05, 0.1) is 5.69 Å². The second-order valence-corrected chi connectivity index (χ2v) is 6.31. The van der Waals surface area contributed by atoms with E-state index in [9.17, 15) is 0 Å². The fraction of sp³-hybridized carbons (Fsp3) is 0.500. The van der Waals surface area contributed by atoms with Crippen molar-refractivity contribution in [2.75, 3.05) is 20.1 Å². The lowest BCUT2D eigenvalue weighted by Crippen LogP contribution is -2.38. The topological polar surface area (TPSA) is 53.7 Å². The van der Waals surface area contributed by atoms with Crippen LogP contribution in [0, 0.1) is 13.8 Å². The molecule has 1 N–H and O–H groups in total. The van der Waals surface area contributed by atoms with Crippen LogP contribution in [0.4, 0.5) is 0 Å².